The summed E-state index contributed by atoms with van der Waals surface area (Å²) in [5, 5.41) is 10.9. The van der Waals surface area contributed by atoms with E-state index in [0.717, 1.165) is 42.6 Å². The number of sulfone groups is 1. The van der Waals surface area contributed by atoms with E-state index >= 15 is 0 Å². The Morgan fingerprint density at radius 1 is 1.08 bits per heavy atom. The molecule has 0 radical (unpaired) electrons. The highest BCUT2D eigenvalue weighted by molar-refractivity contribution is 7.92. The van der Waals surface area contributed by atoms with E-state index in [0.29, 0.717) is 0 Å². The molecule has 0 saturated heterocycles. The van der Waals surface area contributed by atoms with Gasteiger partial charge in [0.2, 0.25) is 0 Å². The molecular formula is C19H25NO4S. The van der Waals surface area contributed by atoms with Crippen molar-refractivity contribution in [2.24, 2.45) is 17.8 Å². The molecule has 5 nitrogen and oxygen atoms in total. The van der Waals surface area contributed by atoms with Crippen LogP contribution in [0.1, 0.15) is 57.9 Å². The molecule has 6 heteroatoms. The van der Waals surface area contributed by atoms with Gasteiger partial charge in [0.25, 0.3) is 5.69 Å². The first-order valence-corrected chi connectivity index (χ1v) is 10.8. The van der Waals surface area contributed by atoms with Crippen LogP contribution in [0.5, 0.6) is 0 Å². The van der Waals surface area contributed by atoms with Crippen LogP contribution in [0.25, 0.3) is 0 Å². The fourth-order valence-electron chi connectivity index (χ4n) is 5.95. The fraction of sp³-hybridized carbons (Fsp3) is 0.684. The number of benzene rings is 1. The predicted molar refractivity (Wildman–Crippen MR) is 95.3 cm³/mol. The van der Waals surface area contributed by atoms with E-state index < -0.39 is 20.0 Å². The summed E-state index contributed by atoms with van der Waals surface area (Å²) in [5.74, 6) is 2.22. The van der Waals surface area contributed by atoms with Gasteiger partial charge in [0.05, 0.1) is 10.2 Å². The first-order chi connectivity index (χ1) is 11.7. The summed E-state index contributed by atoms with van der Waals surface area (Å²) in [5.41, 5.74) is 0.766. The number of hydrogen-bond donors (Lipinski definition) is 0. The van der Waals surface area contributed by atoms with Gasteiger partial charge in [-0.05, 0) is 87.2 Å². The lowest BCUT2D eigenvalue weighted by atomic mass is 9.48. The van der Waals surface area contributed by atoms with Crippen molar-refractivity contribution in [3.05, 3.63) is 33.9 Å². The minimum absolute atomic E-state index is 0.0274. The molecule has 0 spiro atoms. The zero-order chi connectivity index (χ0) is 18.0. The van der Waals surface area contributed by atoms with Crippen LogP contribution in [-0.2, 0) is 15.3 Å². The van der Waals surface area contributed by atoms with Gasteiger partial charge in [-0.25, -0.2) is 8.42 Å². The molecule has 4 saturated carbocycles. The summed E-state index contributed by atoms with van der Waals surface area (Å²) in [6, 6.07) is 4.92. The van der Waals surface area contributed by atoms with Crippen LogP contribution in [0.15, 0.2) is 23.1 Å². The van der Waals surface area contributed by atoms with Crippen molar-refractivity contribution < 1.29 is 13.3 Å². The average molecular weight is 363 g/mol. The summed E-state index contributed by atoms with van der Waals surface area (Å²) < 4.78 is 25.0. The van der Waals surface area contributed by atoms with E-state index in [1.807, 2.05) is 6.07 Å². The molecule has 4 bridgehead atoms. The topological polar surface area (TPSA) is 77.3 Å². The van der Waals surface area contributed by atoms with Crippen LogP contribution < -0.4 is 0 Å². The quantitative estimate of drug-likeness (QED) is 0.592. The van der Waals surface area contributed by atoms with Crippen LogP contribution in [0.3, 0.4) is 0 Å². The molecule has 4 aliphatic rings. The number of rotatable bonds is 4. The zero-order valence-electron chi connectivity index (χ0n) is 14.8. The second kappa shape index (κ2) is 5.53. The Morgan fingerprint density at radius 3 is 2.04 bits per heavy atom. The average Bonchev–Trinajstić information content (AvgIpc) is 2.52. The van der Waals surface area contributed by atoms with Gasteiger partial charge in [0, 0.05) is 6.07 Å². The number of nitro benzene ring substituents is 1. The molecule has 4 fully saturated rings. The lowest BCUT2D eigenvalue weighted by Crippen LogP contribution is -2.48. The highest BCUT2D eigenvalue weighted by Gasteiger charge is 2.52. The summed E-state index contributed by atoms with van der Waals surface area (Å²) in [4.78, 5) is 10.9. The molecule has 136 valence electrons. The Balaban J connectivity index is 1.80. The molecular weight excluding hydrogens is 338 g/mol. The zero-order valence-corrected chi connectivity index (χ0v) is 15.6. The second-order valence-corrected chi connectivity index (χ2v) is 11.2. The fourth-order valence-corrected chi connectivity index (χ4v) is 7.14. The Hall–Kier alpha value is -1.43. The third-order valence-corrected chi connectivity index (χ3v) is 8.93. The minimum atomic E-state index is -3.67. The molecule has 1 aromatic rings. The predicted octanol–water partition coefficient (Wildman–Crippen LogP) is 4.24. The number of nitrogens with zero attached hydrogens (tertiary/aromatic N) is 1. The Kier molecular flexibility index (Phi) is 3.76. The van der Waals surface area contributed by atoms with Gasteiger partial charge in [-0.15, -0.1) is 0 Å². The summed E-state index contributed by atoms with van der Waals surface area (Å²) >= 11 is 0. The molecule has 4 aliphatic carbocycles. The lowest BCUT2D eigenvalue weighted by Gasteiger charge is -2.57. The van der Waals surface area contributed by atoms with E-state index in [1.165, 1.54) is 25.3 Å². The van der Waals surface area contributed by atoms with Crippen molar-refractivity contribution in [3.8, 4) is 0 Å². The maximum atomic E-state index is 12.5. The van der Waals surface area contributed by atoms with Gasteiger partial charge in [0.1, 0.15) is 4.90 Å². The van der Waals surface area contributed by atoms with Crippen molar-refractivity contribution in [2.75, 3.05) is 0 Å². The van der Waals surface area contributed by atoms with Gasteiger partial charge in [-0.2, -0.15) is 0 Å². The van der Waals surface area contributed by atoms with Crippen LogP contribution >= 0.6 is 0 Å². The van der Waals surface area contributed by atoms with Gasteiger partial charge >= 0.3 is 0 Å². The van der Waals surface area contributed by atoms with E-state index in [-0.39, 0.29) is 16.0 Å². The molecule has 25 heavy (non-hydrogen) atoms. The molecule has 0 aliphatic heterocycles. The molecule has 0 unspecified atom stereocenters. The first kappa shape index (κ1) is 17.0. The van der Waals surface area contributed by atoms with Crippen LogP contribution in [-0.4, -0.2) is 18.6 Å². The van der Waals surface area contributed by atoms with Gasteiger partial charge in [0.15, 0.2) is 9.84 Å². The Bertz CT molecular complexity index is 793. The maximum Gasteiger partial charge on any atom is 0.288 e. The number of hydrogen-bond acceptors (Lipinski definition) is 4. The molecule has 0 aromatic heterocycles. The Morgan fingerprint density at radius 2 is 1.60 bits per heavy atom. The van der Waals surface area contributed by atoms with Crippen molar-refractivity contribution in [2.45, 2.75) is 67.9 Å². The lowest BCUT2D eigenvalue weighted by molar-refractivity contribution is -0.388. The monoisotopic (exact) mass is 363 g/mol. The van der Waals surface area contributed by atoms with Gasteiger partial charge in [-0.1, -0.05) is 6.07 Å². The Labute approximate surface area is 148 Å². The summed E-state index contributed by atoms with van der Waals surface area (Å²) in [6.07, 6.45) is 7.23. The molecule has 0 N–H and O–H groups in total. The van der Waals surface area contributed by atoms with E-state index in [1.54, 1.807) is 19.9 Å². The molecule has 1 aromatic carbocycles. The van der Waals surface area contributed by atoms with Crippen molar-refractivity contribution in [3.63, 3.8) is 0 Å². The first-order valence-electron chi connectivity index (χ1n) is 9.24. The maximum absolute atomic E-state index is 12.5. The molecule has 0 heterocycles. The summed E-state index contributed by atoms with van der Waals surface area (Å²) in [6.45, 7) is 3.12. The summed E-state index contributed by atoms with van der Waals surface area (Å²) in [7, 11) is -3.67. The van der Waals surface area contributed by atoms with Crippen LogP contribution in [0, 0.1) is 27.9 Å². The van der Waals surface area contributed by atoms with Gasteiger partial charge in [-0.3, -0.25) is 10.1 Å². The standard InChI is InChI=1S/C19H25NO4S/c1-12(2)25(23,24)18-4-3-16(8-17(18)20(21)22)19-9-13-5-14(10-19)7-15(6-13)11-19/h3-4,8,12-15H,5-7,9-11H2,1-2H3. The second-order valence-electron chi connectivity index (χ2n) is 8.73. The third-order valence-electron chi connectivity index (χ3n) is 6.73. The van der Waals surface area contributed by atoms with Crippen molar-refractivity contribution >= 4 is 15.5 Å². The normalized spacial score (nSPS) is 33.8. The van der Waals surface area contributed by atoms with Crippen molar-refractivity contribution in [1.29, 1.82) is 0 Å². The van der Waals surface area contributed by atoms with E-state index in [2.05, 4.69) is 0 Å². The van der Waals surface area contributed by atoms with Crippen molar-refractivity contribution in [1.82, 2.24) is 0 Å². The highest BCUT2D eigenvalue weighted by Crippen LogP contribution is 2.61. The minimum Gasteiger partial charge on any atom is -0.258 e. The van der Waals surface area contributed by atoms with Crippen LogP contribution in [0.2, 0.25) is 0 Å². The molecule has 0 amide bonds. The van der Waals surface area contributed by atoms with Crippen LogP contribution in [0.4, 0.5) is 5.69 Å². The molecule has 0 atom stereocenters. The SMILES string of the molecule is CC(C)S(=O)(=O)c1ccc(C23CC4CC(CC(C4)C2)C3)cc1[N+](=O)[O-]. The third kappa shape index (κ3) is 2.60. The van der Waals surface area contributed by atoms with E-state index in [9.17, 15) is 18.5 Å². The van der Waals surface area contributed by atoms with E-state index in [4.69, 9.17) is 0 Å². The smallest absolute Gasteiger partial charge is 0.258 e. The molecule has 5 rings (SSSR count). The van der Waals surface area contributed by atoms with Gasteiger partial charge < -0.3 is 0 Å². The highest BCUT2D eigenvalue weighted by atomic mass is 32.2. The largest absolute Gasteiger partial charge is 0.288 e. The number of nitro groups is 1.